The summed E-state index contributed by atoms with van der Waals surface area (Å²) in [6.07, 6.45) is 3.27. The highest BCUT2D eigenvalue weighted by atomic mass is 19.1. The van der Waals surface area contributed by atoms with Crippen molar-refractivity contribution in [1.29, 1.82) is 0 Å². The van der Waals surface area contributed by atoms with E-state index in [-0.39, 0.29) is 5.82 Å². The van der Waals surface area contributed by atoms with Crippen LogP contribution in [0.2, 0.25) is 0 Å². The second-order valence-corrected chi connectivity index (χ2v) is 4.86. The van der Waals surface area contributed by atoms with Gasteiger partial charge in [0.2, 0.25) is 5.95 Å². The Morgan fingerprint density at radius 1 is 0.864 bits per heavy atom. The van der Waals surface area contributed by atoms with Crippen molar-refractivity contribution in [2.45, 2.75) is 6.92 Å². The molecule has 0 atom stereocenters. The predicted octanol–water partition coefficient (Wildman–Crippen LogP) is 4.38. The van der Waals surface area contributed by atoms with Crippen LogP contribution in [0.25, 0.3) is 22.3 Å². The largest absolute Gasteiger partial charge is 0.355 e. The van der Waals surface area contributed by atoms with Gasteiger partial charge in [0.25, 0.3) is 0 Å². The molecule has 0 fully saturated rings. The minimum atomic E-state index is -0.256. The van der Waals surface area contributed by atoms with Gasteiger partial charge in [-0.25, -0.2) is 14.4 Å². The van der Waals surface area contributed by atoms with Gasteiger partial charge in [0.05, 0.1) is 0 Å². The maximum absolute atomic E-state index is 14.8. The van der Waals surface area contributed by atoms with Crippen LogP contribution in [0.4, 0.5) is 10.3 Å². The molecule has 0 aliphatic rings. The summed E-state index contributed by atoms with van der Waals surface area (Å²) in [7, 11) is 0. The number of nitrogens with one attached hydrogen (secondary N) is 1. The fourth-order valence-corrected chi connectivity index (χ4v) is 2.31. The molecule has 0 radical (unpaired) electrons. The summed E-state index contributed by atoms with van der Waals surface area (Å²) in [5, 5.41) is 3.02. The van der Waals surface area contributed by atoms with Crippen LogP contribution >= 0.6 is 0 Å². The van der Waals surface area contributed by atoms with E-state index >= 15 is 0 Å². The summed E-state index contributed by atoms with van der Waals surface area (Å²) in [6.45, 7) is 2.72. The molecule has 3 rings (SSSR count). The summed E-state index contributed by atoms with van der Waals surface area (Å²) in [5.74, 6) is 0.291. The smallest absolute Gasteiger partial charge is 0.222 e. The van der Waals surface area contributed by atoms with Gasteiger partial charge in [0.1, 0.15) is 5.82 Å². The van der Waals surface area contributed by atoms with Crippen molar-refractivity contribution in [2.75, 3.05) is 11.9 Å². The average molecular weight is 293 g/mol. The standard InChI is InChI=1S/C18H16FN3/c1-2-20-18-21-11-14(12-22-18)16-10-6-9-15(17(16)19)13-7-4-3-5-8-13/h3-12H,2H2,1H3,(H,20,21,22). The van der Waals surface area contributed by atoms with Gasteiger partial charge in [-0.15, -0.1) is 0 Å². The topological polar surface area (TPSA) is 37.8 Å². The molecule has 4 heteroatoms. The Hall–Kier alpha value is -2.75. The number of anilines is 1. The first-order valence-corrected chi connectivity index (χ1v) is 7.20. The summed E-state index contributed by atoms with van der Waals surface area (Å²) in [4.78, 5) is 8.40. The Balaban J connectivity index is 2.01. The molecule has 0 aliphatic heterocycles. The molecule has 0 unspecified atom stereocenters. The van der Waals surface area contributed by atoms with Gasteiger partial charge in [0, 0.05) is 35.6 Å². The van der Waals surface area contributed by atoms with E-state index in [1.165, 1.54) is 0 Å². The van der Waals surface area contributed by atoms with Gasteiger partial charge in [-0.05, 0) is 12.5 Å². The second-order valence-electron chi connectivity index (χ2n) is 4.86. The Morgan fingerprint density at radius 2 is 1.50 bits per heavy atom. The summed E-state index contributed by atoms with van der Waals surface area (Å²) in [5.41, 5.74) is 2.60. The van der Waals surface area contributed by atoms with E-state index in [4.69, 9.17) is 0 Å². The van der Waals surface area contributed by atoms with E-state index in [2.05, 4.69) is 15.3 Å². The van der Waals surface area contributed by atoms with Crippen LogP contribution in [0.15, 0.2) is 60.9 Å². The molecule has 2 aromatic carbocycles. The van der Waals surface area contributed by atoms with Crippen LogP contribution in [-0.2, 0) is 0 Å². The van der Waals surface area contributed by atoms with Crippen molar-refractivity contribution in [1.82, 2.24) is 9.97 Å². The summed E-state index contributed by atoms with van der Waals surface area (Å²) in [6, 6.07) is 14.9. The van der Waals surface area contributed by atoms with Crippen molar-refractivity contribution < 1.29 is 4.39 Å². The highest BCUT2D eigenvalue weighted by molar-refractivity contribution is 5.73. The zero-order valence-electron chi connectivity index (χ0n) is 12.3. The molecule has 110 valence electrons. The Labute approximate surface area is 128 Å². The van der Waals surface area contributed by atoms with Crippen LogP contribution in [0.5, 0.6) is 0 Å². The first kappa shape index (κ1) is 14.2. The number of halogens is 1. The molecular formula is C18H16FN3. The van der Waals surface area contributed by atoms with Gasteiger partial charge >= 0.3 is 0 Å². The molecule has 3 aromatic rings. The maximum atomic E-state index is 14.8. The maximum Gasteiger partial charge on any atom is 0.222 e. The third-order valence-corrected chi connectivity index (χ3v) is 3.38. The Bertz CT molecular complexity index is 755. The lowest BCUT2D eigenvalue weighted by Gasteiger charge is -2.09. The van der Waals surface area contributed by atoms with Crippen LogP contribution in [0, 0.1) is 5.82 Å². The minimum Gasteiger partial charge on any atom is -0.355 e. The molecule has 0 aliphatic carbocycles. The van der Waals surface area contributed by atoms with E-state index in [9.17, 15) is 4.39 Å². The highest BCUT2D eigenvalue weighted by Crippen LogP contribution is 2.30. The quantitative estimate of drug-likeness (QED) is 0.775. The molecule has 0 amide bonds. The molecule has 0 saturated heterocycles. The summed E-state index contributed by atoms with van der Waals surface area (Å²) < 4.78 is 14.8. The molecule has 1 N–H and O–H groups in total. The lowest BCUT2D eigenvalue weighted by molar-refractivity contribution is 0.634. The summed E-state index contributed by atoms with van der Waals surface area (Å²) >= 11 is 0. The van der Waals surface area contributed by atoms with Gasteiger partial charge in [-0.2, -0.15) is 0 Å². The van der Waals surface area contributed by atoms with E-state index in [1.807, 2.05) is 43.3 Å². The lowest BCUT2D eigenvalue weighted by Crippen LogP contribution is -2.01. The average Bonchev–Trinajstić information content (AvgIpc) is 2.57. The third kappa shape index (κ3) is 2.81. The normalized spacial score (nSPS) is 10.5. The van der Waals surface area contributed by atoms with Crippen LogP contribution in [-0.4, -0.2) is 16.5 Å². The first-order chi connectivity index (χ1) is 10.8. The van der Waals surface area contributed by atoms with Crippen LogP contribution in [0.3, 0.4) is 0 Å². The van der Waals surface area contributed by atoms with E-state index in [0.29, 0.717) is 22.6 Å². The predicted molar refractivity (Wildman–Crippen MR) is 87.0 cm³/mol. The van der Waals surface area contributed by atoms with E-state index in [0.717, 1.165) is 12.1 Å². The molecule has 0 bridgehead atoms. The number of rotatable bonds is 4. The molecule has 1 heterocycles. The van der Waals surface area contributed by atoms with Crippen molar-refractivity contribution in [3.63, 3.8) is 0 Å². The van der Waals surface area contributed by atoms with Gasteiger partial charge < -0.3 is 5.32 Å². The fraction of sp³-hybridized carbons (Fsp3) is 0.111. The van der Waals surface area contributed by atoms with Crippen LogP contribution in [0.1, 0.15) is 6.92 Å². The van der Waals surface area contributed by atoms with E-state index in [1.54, 1.807) is 24.5 Å². The molecule has 3 nitrogen and oxygen atoms in total. The minimum absolute atomic E-state index is 0.256. The number of hydrogen-bond donors (Lipinski definition) is 1. The van der Waals surface area contributed by atoms with Gasteiger partial charge in [-0.3, -0.25) is 0 Å². The van der Waals surface area contributed by atoms with Gasteiger partial charge in [-0.1, -0.05) is 48.5 Å². The molecule has 0 saturated carbocycles. The highest BCUT2D eigenvalue weighted by Gasteiger charge is 2.12. The molecular weight excluding hydrogens is 277 g/mol. The van der Waals surface area contributed by atoms with Crippen molar-refractivity contribution >= 4 is 5.95 Å². The van der Waals surface area contributed by atoms with Gasteiger partial charge in [0.15, 0.2) is 0 Å². The number of nitrogens with zero attached hydrogens (tertiary/aromatic N) is 2. The zero-order chi connectivity index (χ0) is 15.4. The van der Waals surface area contributed by atoms with Crippen molar-refractivity contribution in [3.05, 3.63) is 66.7 Å². The van der Waals surface area contributed by atoms with Crippen molar-refractivity contribution in [3.8, 4) is 22.3 Å². The first-order valence-electron chi connectivity index (χ1n) is 7.20. The molecule has 1 aromatic heterocycles. The van der Waals surface area contributed by atoms with Crippen LogP contribution < -0.4 is 5.32 Å². The molecule has 0 spiro atoms. The third-order valence-electron chi connectivity index (χ3n) is 3.38. The number of aromatic nitrogens is 2. The second kappa shape index (κ2) is 6.35. The number of benzene rings is 2. The monoisotopic (exact) mass is 293 g/mol. The van der Waals surface area contributed by atoms with Crippen molar-refractivity contribution in [2.24, 2.45) is 0 Å². The zero-order valence-corrected chi connectivity index (χ0v) is 12.3. The lowest BCUT2D eigenvalue weighted by atomic mass is 9.99. The Kier molecular flexibility index (Phi) is 4.10. The van der Waals surface area contributed by atoms with E-state index < -0.39 is 0 Å². The number of hydrogen-bond acceptors (Lipinski definition) is 3. The SMILES string of the molecule is CCNc1ncc(-c2cccc(-c3ccccc3)c2F)cn1. The Morgan fingerprint density at radius 3 is 2.14 bits per heavy atom. The fourth-order valence-electron chi connectivity index (χ4n) is 2.31. The molecule has 22 heavy (non-hydrogen) atoms.